The minimum absolute atomic E-state index is 0.236. The molecule has 0 N–H and O–H groups in total. The van der Waals surface area contributed by atoms with Gasteiger partial charge in [0, 0.05) is 18.5 Å². The van der Waals surface area contributed by atoms with Gasteiger partial charge in [-0.2, -0.15) is 0 Å². The van der Waals surface area contributed by atoms with Crippen molar-refractivity contribution in [2.75, 3.05) is 14.2 Å². The monoisotopic (exact) mass is 413 g/mol. The van der Waals surface area contributed by atoms with Gasteiger partial charge in [0.1, 0.15) is 22.8 Å². The van der Waals surface area contributed by atoms with E-state index in [2.05, 4.69) is 4.65 Å². The van der Waals surface area contributed by atoms with Crippen LogP contribution in [0.4, 0.5) is 8.63 Å². The molecular formula is C21H18BF2NO5. The molecule has 3 rings (SSSR count). The first-order chi connectivity index (χ1) is 14.3. The summed E-state index contributed by atoms with van der Waals surface area (Å²) < 4.78 is 42.3. The molecule has 0 atom stereocenters. The number of fused-ring (bicyclic) bond motifs is 1. The van der Waals surface area contributed by atoms with Gasteiger partial charge in [-0.05, 0) is 35.9 Å². The molecule has 0 aliphatic rings. The molecule has 0 unspecified atom stereocenters. The summed E-state index contributed by atoms with van der Waals surface area (Å²) in [4.78, 5) is 25.6. The number of methoxy groups -OCH3 is 2. The Bertz CT molecular complexity index is 1170. The Morgan fingerprint density at radius 2 is 1.70 bits per heavy atom. The molecule has 0 saturated heterocycles. The van der Waals surface area contributed by atoms with Crippen molar-refractivity contribution in [3.8, 4) is 17.2 Å². The number of aromatic nitrogens is 1. The minimum Gasteiger partial charge on any atom is -0.504 e. The van der Waals surface area contributed by atoms with Gasteiger partial charge in [0.15, 0.2) is 5.78 Å². The molecule has 0 aliphatic heterocycles. The first-order valence-corrected chi connectivity index (χ1v) is 8.87. The fourth-order valence-corrected chi connectivity index (χ4v) is 3.08. The van der Waals surface area contributed by atoms with Crippen LogP contribution in [0.3, 0.4) is 0 Å². The number of ether oxygens (including phenoxy) is 2. The van der Waals surface area contributed by atoms with Crippen molar-refractivity contribution in [2.45, 2.75) is 0 Å². The molecule has 30 heavy (non-hydrogen) atoms. The maximum Gasteiger partial charge on any atom is 0.796 e. The van der Waals surface area contributed by atoms with Crippen molar-refractivity contribution in [3.63, 3.8) is 0 Å². The van der Waals surface area contributed by atoms with Crippen LogP contribution in [-0.2, 0) is 7.05 Å². The lowest BCUT2D eigenvalue weighted by atomic mass is 10.0. The summed E-state index contributed by atoms with van der Waals surface area (Å²) in [6, 6.07) is 11.3. The summed E-state index contributed by atoms with van der Waals surface area (Å²) in [6.07, 6.45) is 2.56. The summed E-state index contributed by atoms with van der Waals surface area (Å²) >= 11 is 0. The maximum absolute atomic E-state index is 13.1. The van der Waals surface area contributed by atoms with Crippen LogP contribution in [-0.4, -0.2) is 32.0 Å². The number of ketones is 1. The van der Waals surface area contributed by atoms with Crippen LogP contribution in [0.15, 0.2) is 53.3 Å². The van der Waals surface area contributed by atoms with E-state index in [0.29, 0.717) is 22.6 Å². The highest BCUT2D eigenvalue weighted by Gasteiger charge is 2.27. The Kier molecular flexibility index (Phi) is 6.20. The molecule has 154 valence electrons. The largest absolute Gasteiger partial charge is 0.796 e. The molecule has 0 aliphatic carbocycles. The first-order valence-electron chi connectivity index (χ1n) is 8.87. The van der Waals surface area contributed by atoms with Gasteiger partial charge < -0.3 is 18.7 Å². The van der Waals surface area contributed by atoms with Crippen LogP contribution in [0.25, 0.3) is 17.0 Å². The molecule has 0 bridgehead atoms. The fraction of sp³-hybridized carbons (Fsp3) is 0.143. The molecule has 3 aromatic rings. The zero-order chi connectivity index (χ0) is 21.8. The summed E-state index contributed by atoms with van der Waals surface area (Å²) in [5.74, 6) is -0.199. The second kappa shape index (κ2) is 8.81. The van der Waals surface area contributed by atoms with Gasteiger partial charge in [-0.1, -0.05) is 18.2 Å². The minimum atomic E-state index is -3.20. The fourth-order valence-electron chi connectivity index (χ4n) is 3.08. The quantitative estimate of drug-likeness (QED) is 0.335. The van der Waals surface area contributed by atoms with E-state index in [1.807, 2.05) is 0 Å². The second-order valence-electron chi connectivity index (χ2n) is 6.31. The van der Waals surface area contributed by atoms with Crippen LogP contribution in [0, 0.1) is 0 Å². The number of aryl methyl sites for hydroxylation is 1. The summed E-state index contributed by atoms with van der Waals surface area (Å²) in [5.41, 5.74) is -0.269. The number of pyridine rings is 1. The predicted octanol–water partition coefficient (Wildman–Crippen LogP) is 3.75. The van der Waals surface area contributed by atoms with Crippen LogP contribution >= 0.6 is 0 Å². The normalized spacial score (nSPS) is 11.0. The number of nitrogens with zero attached hydrogens (tertiary/aromatic N) is 1. The van der Waals surface area contributed by atoms with E-state index in [1.165, 1.54) is 38.0 Å². The number of allylic oxidation sites excluding steroid dienone is 1. The number of halogens is 2. The highest BCUT2D eigenvalue weighted by atomic mass is 19.2. The molecule has 1 aromatic heterocycles. The number of carbonyl (C=O) groups excluding carboxylic acids is 1. The van der Waals surface area contributed by atoms with Gasteiger partial charge in [0.05, 0.1) is 19.7 Å². The van der Waals surface area contributed by atoms with Gasteiger partial charge in [0.25, 0.3) is 5.56 Å². The predicted molar refractivity (Wildman–Crippen MR) is 111 cm³/mol. The Balaban J connectivity index is 2.12. The maximum atomic E-state index is 13.1. The van der Waals surface area contributed by atoms with Crippen molar-refractivity contribution in [1.82, 2.24) is 4.57 Å². The van der Waals surface area contributed by atoms with E-state index < -0.39 is 30.1 Å². The van der Waals surface area contributed by atoms with Gasteiger partial charge >= 0.3 is 7.47 Å². The Morgan fingerprint density at radius 1 is 1.07 bits per heavy atom. The Morgan fingerprint density at radius 3 is 2.30 bits per heavy atom. The number of benzene rings is 2. The molecule has 0 fully saturated rings. The third-order valence-electron chi connectivity index (χ3n) is 4.51. The van der Waals surface area contributed by atoms with Gasteiger partial charge in [0.2, 0.25) is 0 Å². The van der Waals surface area contributed by atoms with Crippen molar-refractivity contribution >= 4 is 30.2 Å². The third kappa shape index (κ3) is 4.19. The molecule has 0 amide bonds. The van der Waals surface area contributed by atoms with Crippen LogP contribution in [0.1, 0.15) is 15.9 Å². The number of carbonyl (C=O) groups is 1. The smallest absolute Gasteiger partial charge is 0.504 e. The first kappa shape index (κ1) is 21.1. The van der Waals surface area contributed by atoms with Crippen molar-refractivity contribution in [2.24, 2.45) is 7.05 Å². The number of hydrogen-bond acceptors (Lipinski definition) is 5. The van der Waals surface area contributed by atoms with Gasteiger partial charge in [-0.3, -0.25) is 9.59 Å². The summed E-state index contributed by atoms with van der Waals surface area (Å²) in [6.45, 7) is 0. The van der Waals surface area contributed by atoms with E-state index in [-0.39, 0.29) is 5.39 Å². The highest BCUT2D eigenvalue weighted by molar-refractivity contribution is 6.36. The molecule has 0 saturated carbocycles. The summed E-state index contributed by atoms with van der Waals surface area (Å²) in [5, 5.41) is 0.236. The Labute approximate surface area is 171 Å². The zero-order valence-corrected chi connectivity index (χ0v) is 16.5. The lowest BCUT2D eigenvalue weighted by Crippen LogP contribution is -2.26. The Hall–Kier alpha value is -3.62. The molecular weight excluding hydrogens is 395 g/mol. The van der Waals surface area contributed by atoms with E-state index in [0.717, 1.165) is 6.08 Å². The molecule has 0 radical (unpaired) electrons. The zero-order valence-electron chi connectivity index (χ0n) is 16.5. The molecule has 9 heteroatoms. The summed E-state index contributed by atoms with van der Waals surface area (Å²) in [7, 11) is 1.24. The van der Waals surface area contributed by atoms with Crippen LogP contribution < -0.4 is 19.7 Å². The number of hydrogen-bond donors (Lipinski definition) is 0. The number of rotatable bonds is 7. The lowest BCUT2D eigenvalue weighted by Gasteiger charge is -2.14. The third-order valence-corrected chi connectivity index (χ3v) is 4.51. The van der Waals surface area contributed by atoms with Gasteiger partial charge in [-0.25, -0.2) is 8.63 Å². The molecule has 2 aromatic carbocycles. The standard InChI is InChI=1S/C21H18BF2NO5/c1-25-17-7-5-4-6-16(17)20(30-22(23)24)19(21(25)27)18(26)9-8-13-10-14(28-2)12-15(11-13)29-3/h4-12H,1-3H3/b9-8+. The van der Waals surface area contributed by atoms with Crippen LogP contribution in [0.5, 0.6) is 17.2 Å². The van der Waals surface area contributed by atoms with Crippen molar-refractivity contribution in [1.29, 1.82) is 0 Å². The topological polar surface area (TPSA) is 66.8 Å². The van der Waals surface area contributed by atoms with Gasteiger partial charge in [-0.15, -0.1) is 0 Å². The van der Waals surface area contributed by atoms with E-state index in [1.54, 1.807) is 36.4 Å². The van der Waals surface area contributed by atoms with E-state index >= 15 is 0 Å². The molecule has 1 heterocycles. The lowest BCUT2D eigenvalue weighted by molar-refractivity contribution is 0.104. The number of para-hydroxylation sites is 1. The SMILES string of the molecule is COc1cc(/C=C/C(=O)c2c(OB(F)F)c3ccccc3n(C)c2=O)cc(OC)c1. The van der Waals surface area contributed by atoms with Crippen molar-refractivity contribution in [3.05, 3.63) is 70.0 Å². The highest BCUT2D eigenvalue weighted by Crippen LogP contribution is 2.29. The second-order valence-corrected chi connectivity index (χ2v) is 6.31. The molecule has 0 spiro atoms. The average molecular weight is 413 g/mol. The van der Waals surface area contributed by atoms with E-state index in [4.69, 9.17) is 9.47 Å². The average Bonchev–Trinajstić information content (AvgIpc) is 2.75. The molecule has 6 nitrogen and oxygen atoms in total. The van der Waals surface area contributed by atoms with Crippen LogP contribution in [0.2, 0.25) is 0 Å². The van der Waals surface area contributed by atoms with E-state index in [9.17, 15) is 18.2 Å². The van der Waals surface area contributed by atoms with Crippen molar-refractivity contribution < 1.29 is 27.6 Å².